The van der Waals surface area contributed by atoms with Gasteiger partial charge in [0.05, 0.1) is 6.04 Å². The summed E-state index contributed by atoms with van der Waals surface area (Å²) in [6, 6.07) is 15.7. The Kier molecular flexibility index (Phi) is 2.62. The van der Waals surface area contributed by atoms with Gasteiger partial charge in [0, 0.05) is 11.6 Å². The van der Waals surface area contributed by atoms with Gasteiger partial charge in [0.25, 0.3) is 0 Å². The van der Waals surface area contributed by atoms with Crippen LogP contribution < -0.4 is 5.32 Å². The van der Waals surface area contributed by atoms with Crippen molar-refractivity contribution in [3.05, 3.63) is 77.6 Å². The molecule has 0 spiro atoms. The van der Waals surface area contributed by atoms with E-state index in [1.54, 1.807) is 12.1 Å². The lowest BCUT2D eigenvalue weighted by Crippen LogP contribution is -2.28. The van der Waals surface area contributed by atoms with Gasteiger partial charge in [0.2, 0.25) is 0 Å². The van der Waals surface area contributed by atoms with Crippen LogP contribution in [0.25, 0.3) is 0 Å². The van der Waals surface area contributed by atoms with Crippen LogP contribution >= 0.6 is 0 Å². The summed E-state index contributed by atoms with van der Waals surface area (Å²) < 4.78 is 13.1. The first kappa shape index (κ1) is 11.7. The Morgan fingerprint density at radius 3 is 2.65 bits per heavy atom. The summed E-state index contributed by atoms with van der Waals surface area (Å²) in [5.41, 5.74) is 3.75. The SMILES string of the molecule is Fc1ccc([C@@H]2Nc3ccccc3[C@@H]3C=CC[C@H]32)cc1. The van der Waals surface area contributed by atoms with Crippen molar-refractivity contribution >= 4 is 5.69 Å². The topological polar surface area (TPSA) is 12.0 Å². The van der Waals surface area contributed by atoms with Crippen LogP contribution in [-0.2, 0) is 0 Å². The van der Waals surface area contributed by atoms with E-state index in [4.69, 9.17) is 0 Å². The third kappa shape index (κ3) is 1.75. The highest BCUT2D eigenvalue weighted by Crippen LogP contribution is 2.49. The number of allylic oxidation sites excluding steroid dienone is 2. The highest BCUT2D eigenvalue weighted by atomic mass is 19.1. The number of fused-ring (bicyclic) bond motifs is 3. The third-order valence-corrected chi connectivity index (χ3v) is 4.50. The molecule has 0 saturated carbocycles. The van der Waals surface area contributed by atoms with E-state index in [9.17, 15) is 4.39 Å². The number of hydrogen-bond acceptors (Lipinski definition) is 1. The van der Waals surface area contributed by atoms with Crippen LogP contribution in [0.1, 0.15) is 29.5 Å². The molecule has 4 rings (SSSR count). The minimum atomic E-state index is -0.175. The van der Waals surface area contributed by atoms with E-state index in [0.717, 1.165) is 6.42 Å². The molecule has 20 heavy (non-hydrogen) atoms. The van der Waals surface area contributed by atoms with Crippen molar-refractivity contribution in [2.75, 3.05) is 5.32 Å². The van der Waals surface area contributed by atoms with Gasteiger partial charge >= 0.3 is 0 Å². The molecule has 100 valence electrons. The van der Waals surface area contributed by atoms with Gasteiger partial charge in [-0.05, 0) is 41.7 Å². The Bertz CT molecular complexity index is 659. The second-order valence-corrected chi connectivity index (χ2v) is 5.61. The molecule has 0 bridgehead atoms. The van der Waals surface area contributed by atoms with Crippen molar-refractivity contribution in [1.29, 1.82) is 0 Å². The highest BCUT2D eigenvalue weighted by molar-refractivity contribution is 5.59. The summed E-state index contributed by atoms with van der Waals surface area (Å²) in [5.74, 6) is 0.823. The van der Waals surface area contributed by atoms with Gasteiger partial charge in [-0.3, -0.25) is 0 Å². The molecule has 1 aliphatic carbocycles. The van der Waals surface area contributed by atoms with Crippen LogP contribution in [0.3, 0.4) is 0 Å². The summed E-state index contributed by atoms with van der Waals surface area (Å²) in [6.07, 6.45) is 5.67. The standard InChI is InChI=1S/C18H16FN/c19-13-10-8-12(9-11-13)18-16-6-3-5-14(16)15-4-1-2-7-17(15)20-18/h1-5,7-11,14,16,18,20H,6H2/t14-,16+,18-/m0/s1. The average Bonchev–Trinajstić information content (AvgIpc) is 2.97. The number of para-hydroxylation sites is 1. The van der Waals surface area contributed by atoms with Gasteiger partial charge in [-0.2, -0.15) is 0 Å². The van der Waals surface area contributed by atoms with Crippen LogP contribution in [0.2, 0.25) is 0 Å². The number of anilines is 1. The Labute approximate surface area is 118 Å². The van der Waals surface area contributed by atoms with Crippen molar-refractivity contribution in [2.45, 2.75) is 18.4 Å². The number of hydrogen-bond donors (Lipinski definition) is 1. The highest BCUT2D eigenvalue weighted by Gasteiger charge is 2.37. The van der Waals surface area contributed by atoms with Gasteiger partial charge in [-0.15, -0.1) is 0 Å². The second-order valence-electron chi connectivity index (χ2n) is 5.61. The Balaban J connectivity index is 1.77. The fourth-order valence-electron chi connectivity index (χ4n) is 3.54. The molecule has 0 saturated heterocycles. The minimum absolute atomic E-state index is 0.175. The zero-order valence-electron chi connectivity index (χ0n) is 11.1. The summed E-state index contributed by atoms with van der Waals surface area (Å²) in [7, 11) is 0. The van der Waals surface area contributed by atoms with Crippen molar-refractivity contribution in [3.63, 3.8) is 0 Å². The van der Waals surface area contributed by atoms with E-state index in [2.05, 4.69) is 41.7 Å². The number of halogens is 1. The molecule has 1 heterocycles. The minimum Gasteiger partial charge on any atom is -0.378 e. The maximum atomic E-state index is 13.1. The molecule has 0 aromatic heterocycles. The number of benzene rings is 2. The fourth-order valence-corrected chi connectivity index (χ4v) is 3.54. The smallest absolute Gasteiger partial charge is 0.123 e. The molecule has 2 aliphatic rings. The van der Waals surface area contributed by atoms with Gasteiger partial charge < -0.3 is 5.32 Å². The van der Waals surface area contributed by atoms with E-state index in [1.165, 1.54) is 16.8 Å². The largest absolute Gasteiger partial charge is 0.378 e. The molecule has 1 nitrogen and oxygen atoms in total. The van der Waals surface area contributed by atoms with Crippen molar-refractivity contribution in [2.24, 2.45) is 5.92 Å². The van der Waals surface area contributed by atoms with E-state index >= 15 is 0 Å². The number of rotatable bonds is 1. The van der Waals surface area contributed by atoms with Crippen LogP contribution in [-0.4, -0.2) is 0 Å². The van der Waals surface area contributed by atoms with Crippen LogP contribution in [0.4, 0.5) is 10.1 Å². The molecule has 1 aliphatic heterocycles. The molecule has 1 N–H and O–H groups in total. The van der Waals surface area contributed by atoms with Gasteiger partial charge in [-0.1, -0.05) is 42.5 Å². The maximum absolute atomic E-state index is 13.1. The molecule has 0 fully saturated rings. The third-order valence-electron chi connectivity index (χ3n) is 4.50. The fraction of sp³-hybridized carbons (Fsp3) is 0.222. The normalized spacial score (nSPS) is 26.8. The summed E-state index contributed by atoms with van der Waals surface area (Å²) in [6.45, 7) is 0. The van der Waals surface area contributed by atoms with Gasteiger partial charge in [0.15, 0.2) is 0 Å². The lowest BCUT2D eigenvalue weighted by atomic mass is 9.77. The van der Waals surface area contributed by atoms with Crippen molar-refractivity contribution in [1.82, 2.24) is 0 Å². The Hall–Kier alpha value is -2.09. The molecule has 0 amide bonds. The molecular weight excluding hydrogens is 249 g/mol. The molecule has 0 unspecified atom stereocenters. The molecule has 2 heteroatoms. The van der Waals surface area contributed by atoms with Gasteiger partial charge in [-0.25, -0.2) is 4.39 Å². The van der Waals surface area contributed by atoms with Crippen molar-refractivity contribution < 1.29 is 4.39 Å². The first-order valence-corrected chi connectivity index (χ1v) is 7.10. The predicted octanol–water partition coefficient (Wildman–Crippen LogP) is 4.65. The van der Waals surface area contributed by atoms with E-state index in [1.807, 2.05) is 12.1 Å². The van der Waals surface area contributed by atoms with Gasteiger partial charge in [0.1, 0.15) is 5.82 Å². The Morgan fingerprint density at radius 1 is 1.00 bits per heavy atom. The quantitative estimate of drug-likeness (QED) is 0.740. The van der Waals surface area contributed by atoms with E-state index < -0.39 is 0 Å². The van der Waals surface area contributed by atoms with E-state index in [0.29, 0.717) is 11.8 Å². The van der Waals surface area contributed by atoms with Crippen LogP contribution in [0, 0.1) is 11.7 Å². The molecule has 3 atom stereocenters. The number of nitrogens with one attached hydrogen (secondary N) is 1. The monoisotopic (exact) mass is 265 g/mol. The molecule has 0 radical (unpaired) electrons. The predicted molar refractivity (Wildman–Crippen MR) is 79.2 cm³/mol. The van der Waals surface area contributed by atoms with Crippen LogP contribution in [0.5, 0.6) is 0 Å². The zero-order valence-corrected chi connectivity index (χ0v) is 11.1. The molecule has 2 aromatic carbocycles. The second kappa shape index (κ2) is 4.48. The summed E-state index contributed by atoms with van der Waals surface area (Å²) >= 11 is 0. The molecular formula is C18H16FN. The Morgan fingerprint density at radius 2 is 1.80 bits per heavy atom. The average molecular weight is 265 g/mol. The lowest BCUT2D eigenvalue weighted by Gasteiger charge is -2.37. The first-order chi connectivity index (χ1) is 9.83. The van der Waals surface area contributed by atoms with Crippen LogP contribution in [0.15, 0.2) is 60.7 Å². The maximum Gasteiger partial charge on any atom is 0.123 e. The molecule has 2 aromatic rings. The summed E-state index contributed by atoms with van der Waals surface area (Å²) in [5, 5.41) is 3.64. The van der Waals surface area contributed by atoms with E-state index in [-0.39, 0.29) is 11.9 Å². The van der Waals surface area contributed by atoms with Crippen molar-refractivity contribution in [3.8, 4) is 0 Å². The lowest BCUT2D eigenvalue weighted by molar-refractivity contribution is 0.425. The summed E-state index contributed by atoms with van der Waals surface area (Å²) in [4.78, 5) is 0. The first-order valence-electron chi connectivity index (χ1n) is 7.10. The zero-order chi connectivity index (χ0) is 13.5.